The van der Waals surface area contributed by atoms with Gasteiger partial charge in [-0.3, -0.25) is 14.0 Å². The van der Waals surface area contributed by atoms with Gasteiger partial charge in [0.25, 0.3) is 11.5 Å². The predicted molar refractivity (Wildman–Crippen MR) is 105 cm³/mol. The largest absolute Gasteiger partial charge is 0.497 e. The Morgan fingerprint density at radius 2 is 2.00 bits per heavy atom. The molecule has 1 unspecified atom stereocenters. The molecule has 0 fully saturated rings. The highest BCUT2D eigenvalue weighted by Gasteiger charge is 2.23. The van der Waals surface area contributed by atoms with Crippen molar-refractivity contribution in [3.8, 4) is 5.75 Å². The van der Waals surface area contributed by atoms with Gasteiger partial charge in [0.1, 0.15) is 23.2 Å². The number of hydrogen-bond acceptors (Lipinski definition) is 6. The first kappa shape index (κ1) is 17.9. The molecule has 1 N–H and O–H groups in total. The van der Waals surface area contributed by atoms with E-state index < -0.39 is 17.5 Å². The number of ether oxygens (including phenoxy) is 1. The van der Waals surface area contributed by atoms with Crippen LogP contribution in [-0.4, -0.2) is 32.0 Å². The summed E-state index contributed by atoms with van der Waals surface area (Å²) < 4.78 is 8.39. The molecule has 1 aromatic carbocycles. The molecule has 4 rings (SSSR count). The van der Waals surface area contributed by atoms with Gasteiger partial charge < -0.3 is 14.6 Å². The molecule has 142 valence electrons. The summed E-state index contributed by atoms with van der Waals surface area (Å²) in [5.41, 5.74) is 0.383. The first-order valence-electron chi connectivity index (χ1n) is 8.45. The number of hydrogen-bond donors (Lipinski definition) is 1. The number of thiazole rings is 1. The van der Waals surface area contributed by atoms with Crippen molar-refractivity contribution >= 4 is 22.2 Å². The van der Waals surface area contributed by atoms with Gasteiger partial charge in [0.2, 0.25) is 0 Å². The first-order chi connectivity index (χ1) is 13.6. The number of nitrogens with one attached hydrogen (secondary N) is 1. The molecule has 8 nitrogen and oxygen atoms in total. The summed E-state index contributed by atoms with van der Waals surface area (Å²) >= 11 is 1.33. The van der Waals surface area contributed by atoms with Crippen molar-refractivity contribution in [2.45, 2.75) is 6.04 Å². The van der Waals surface area contributed by atoms with Gasteiger partial charge in [-0.25, -0.2) is 9.97 Å². The summed E-state index contributed by atoms with van der Waals surface area (Å²) in [6, 6.07) is 6.79. The van der Waals surface area contributed by atoms with Crippen LogP contribution in [0.1, 0.15) is 27.8 Å². The number of imidazole rings is 1. The molecule has 28 heavy (non-hydrogen) atoms. The lowest BCUT2D eigenvalue weighted by atomic mass is 10.1. The maximum atomic E-state index is 12.9. The number of benzene rings is 1. The van der Waals surface area contributed by atoms with Crippen molar-refractivity contribution in [2.75, 3.05) is 7.11 Å². The molecule has 4 aromatic rings. The van der Waals surface area contributed by atoms with Crippen LogP contribution in [0.25, 0.3) is 4.96 Å². The van der Waals surface area contributed by atoms with Crippen LogP contribution in [0.4, 0.5) is 0 Å². The van der Waals surface area contributed by atoms with E-state index in [0.717, 1.165) is 5.56 Å². The second-order valence-electron chi connectivity index (χ2n) is 6.11. The minimum Gasteiger partial charge on any atom is -0.497 e. The van der Waals surface area contributed by atoms with Crippen molar-refractivity contribution in [2.24, 2.45) is 7.05 Å². The molecule has 9 heteroatoms. The number of rotatable bonds is 5. The number of carbonyl (C=O) groups is 1. The maximum Gasteiger partial charge on any atom is 0.271 e. The second-order valence-corrected chi connectivity index (χ2v) is 6.98. The van der Waals surface area contributed by atoms with Crippen molar-refractivity contribution < 1.29 is 9.53 Å². The molecule has 1 amide bonds. The summed E-state index contributed by atoms with van der Waals surface area (Å²) in [5.74, 6) is 0.837. The van der Waals surface area contributed by atoms with Crippen LogP contribution < -0.4 is 15.6 Å². The number of amides is 1. The standard InChI is InChI=1S/C19H17N5O3S/c1-23-8-7-20-16(23)15(12-3-5-13(27-2)6-4-12)22-17(25)14-11-21-19-24(18(14)26)9-10-28-19/h3-11,15H,1-2H3,(H,22,25). The Balaban J connectivity index is 1.72. The number of fused-ring (bicyclic) bond motifs is 1. The van der Waals surface area contributed by atoms with Crippen LogP contribution >= 0.6 is 11.3 Å². The quantitative estimate of drug-likeness (QED) is 0.558. The number of carbonyl (C=O) groups excluding carboxylic acids is 1. The molecule has 0 aliphatic carbocycles. The fourth-order valence-corrected chi connectivity index (χ4v) is 3.61. The van der Waals surface area contributed by atoms with E-state index in [1.165, 1.54) is 21.9 Å². The van der Waals surface area contributed by atoms with E-state index in [0.29, 0.717) is 16.5 Å². The summed E-state index contributed by atoms with van der Waals surface area (Å²) in [6.07, 6.45) is 6.37. The van der Waals surface area contributed by atoms with Crippen LogP contribution in [0.2, 0.25) is 0 Å². The number of nitrogens with zero attached hydrogens (tertiary/aromatic N) is 4. The third-order valence-electron chi connectivity index (χ3n) is 4.43. The van der Waals surface area contributed by atoms with Gasteiger partial charge >= 0.3 is 0 Å². The minimum absolute atomic E-state index is 0.0244. The Morgan fingerprint density at radius 1 is 1.21 bits per heavy atom. The Morgan fingerprint density at radius 3 is 2.68 bits per heavy atom. The molecular formula is C19H17N5O3S. The second kappa shape index (κ2) is 7.28. The van der Waals surface area contributed by atoms with Crippen LogP contribution in [0.5, 0.6) is 5.75 Å². The molecular weight excluding hydrogens is 378 g/mol. The summed E-state index contributed by atoms with van der Waals surface area (Å²) in [7, 11) is 3.44. The third-order valence-corrected chi connectivity index (χ3v) is 5.20. The lowest BCUT2D eigenvalue weighted by molar-refractivity contribution is 0.0939. The number of aryl methyl sites for hydroxylation is 1. The molecule has 0 spiro atoms. The zero-order valence-electron chi connectivity index (χ0n) is 15.2. The lowest BCUT2D eigenvalue weighted by Crippen LogP contribution is -2.35. The zero-order valence-corrected chi connectivity index (χ0v) is 16.0. The Bertz CT molecular complexity index is 1190. The average molecular weight is 395 g/mol. The van der Waals surface area contributed by atoms with Crippen LogP contribution in [0.3, 0.4) is 0 Å². The monoisotopic (exact) mass is 395 g/mol. The molecule has 3 aromatic heterocycles. The normalized spacial score (nSPS) is 12.1. The molecule has 0 radical (unpaired) electrons. The van der Waals surface area contributed by atoms with Crippen LogP contribution in [0, 0.1) is 0 Å². The number of methoxy groups -OCH3 is 1. The highest BCUT2D eigenvalue weighted by molar-refractivity contribution is 7.15. The predicted octanol–water partition coefficient (Wildman–Crippen LogP) is 2.02. The van der Waals surface area contributed by atoms with Gasteiger partial charge in [-0.2, -0.15) is 0 Å². The van der Waals surface area contributed by atoms with Crippen molar-refractivity contribution in [3.63, 3.8) is 0 Å². The summed E-state index contributed by atoms with van der Waals surface area (Å²) in [6.45, 7) is 0. The van der Waals surface area contributed by atoms with Gasteiger partial charge in [-0.05, 0) is 17.7 Å². The Kier molecular flexibility index (Phi) is 4.66. The van der Waals surface area contributed by atoms with Crippen LogP contribution in [-0.2, 0) is 7.05 Å². The molecule has 0 bridgehead atoms. The molecule has 0 saturated heterocycles. The van der Waals surface area contributed by atoms with Gasteiger partial charge in [0.15, 0.2) is 4.96 Å². The smallest absolute Gasteiger partial charge is 0.271 e. The average Bonchev–Trinajstić information content (AvgIpc) is 3.36. The SMILES string of the molecule is COc1ccc(C(NC(=O)c2cnc3sccn3c2=O)c2nccn2C)cc1. The topological polar surface area (TPSA) is 90.5 Å². The number of aromatic nitrogens is 4. The van der Waals surface area contributed by atoms with Gasteiger partial charge in [-0.1, -0.05) is 12.1 Å². The highest BCUT2D eigenvalue weighted by Crippen LogP contribution is 2.23. The molecule has 0 saturated carbocycles. The fourth-order valence-electron chi connectivity index (χ4n) is 2.94. The lowest BCUT2D eigenvalue weighted by Gasteiger charge is -2.19. The third kappa shape index (κ3) is 3.16. The van der Waals surface area contributed by atoms with Gasteiger partial charge in [-0.15, -0.1) is 11.3 Å². The first-order valence-corrected chi connectivity index (χ1v) is 9.33. The van der Waals surface area contributed by atoms with Gasteiger partial charge in [0.05, 0.1) is 7.11 Å². The Hall–Kier alpha value is -3.46. The highest BCUT2D eigenvalue weighted by atomic mass is 32.1. The molecule has 1 atom stereocenters. The van der Waals surface area contributed by atoms with E-state index in [1.54, 1.807) is 31.1 Å². The van der Waals surface area contributed by atoms with E-state index in [-0.39, 0.29) is 5.56 Å². The zero-order chi connectivity index (χ0) is 19.7. The van der Waals surface area contributed by atoms with E-state index in [9.17, 15) is 9.59 Å². The fraction of sp³-hybridized carbons (Fsp3) is 0.158. The summed E-state index contributed by atoms with van der Waals surface area (Å²) in [4.78, 5) is 34.6. The van der Waals surface area contributed by atoms with Gasteiger partial charge in [0, 0.05) is 37.2 Å². The van der Waals surface area contributed by atoms with Crippen molar-refractivity contribution in [1.82, 2.24) is 24.3 Å². The van der Waals surface area contributed by atoms with E-state index in [4.69, 9.17) is 4.74 Å². The molecule has 3 heterocycles. The molecule has 0 aliphatic rings. The maximum absolute atomic E-state index is 12.9. The van der Waals surface area contributed by atoms with Crippen LogP contribution in [0.15, 0.2) is 59.2 Å². The van der Waals surface area contributed by atoms with E-state index in [2.05, 4.69) is 15.3 Å². The van der Waals surface area contributed by atoms with E-state index >= 15 is 0 Å². The van der Waals surface area contributed by atoms with E-state index in [1.807, 2.05) is 35.9 Å². The molecule has 0 aliphatic heterocycles. The summed E-state index contributed by atoms with van der Waals surface area (Å²) in [5, 5.41) is 4.66. The minimum atomic E-state index is -0.541. The van der Waals surface area contributed by atoms with Crippen molar-refractivity contribution in [1.29, 1.82) is 0 Å². The Labute approximate surface area is 164 Å². The van der Waals surface area contributed by atoms with Crippen molar-refractivity contribution in [3.05, 3.63) is 81.7 Å².